The van der Waals surface area contributed by atoms with Crippen LogP contribution in [0, 0.1) is 0 Å². The molecule has 2 fully saturated rings. The van der Waals surface area contributed by atoms with Gasteiger partial charge in [0.2, 0.25) is 0 Å². The zero-order valence-electron chi connectivity index (χ0n) is 13.5. The van der Waals surface area contributed by atoms with Gasteiger partial charge >= 0.3 is 12.0 Å². The Balaban J connectivity index is 2.11. The zero-order chi connectivity index (χ0) is 16.5. The summed E-state index contributed by atoms with van der Waals surface area (Å²) in [7, 11) is 0. The summed E-state index contributed by atoms with van der Waals surface area (Å²) in [5.74, 6) is -1.59. The Morgan fingerprint density at radius 3 is 2.41 bits per heavy atom. The van der Waals surface area contributed by atoms with Gasteiger partial charge in [0.05, 0.1) is 0 Å². The van der Waals surface area contributed by atoms with Crippen molar-refractivity contribution in [3.05, 3.63) is 0 Å². The second kappa shape index (κ2) is 5.87. The van der Waals surface area contributed by atoms with Crippen LogP contribution in [0.2, 0.25) is 0 Å². The predicted molar refractivity (Wildman–Crippen MR) is 80.4 cm³/mol. The molecule has 0 unspecified atom stereocenters. The molecular formula is C15H25N3O4. The zero-order valence-corrected chi connectivity index (χ0v) is 13.5. The molecule has 2 saturated heterocycles. The molecule has 2 aliphatic rings. The first-order valence-corrected chi connectivity index (χ1v) is 7.87. The molecule has 124 valence electrons. The quantitative estimate of drug-likeness (QED) is 0.740. The molecule has 0 radical (unpaired) electrons. The number of hydrogen-bond donors (Lipinski definition) is 2. The molecule has 0 atom stereocenters. The van der Waals surface area contributed by atoms with Crippen molar-refractivity contribution in [2.45, 2.75) is 57.5 Å². The van der Waals surface area contributed by atoms with Gasteiger partial charge < -0.3 is 15.3 Å². The first-order chi connectivity index (χ1) is 10.2. The first-order valence-electron chi connectivity index (χ1n) is 7.87. The maximum Gasteiger partial charge on any atom is 0.329 e. The lowest BCUT2D eigenvalue weighted by Crippen LogP contribution is -2.57. The maximum atomic E-state index is 12.7. The van der Waals surface area contributed by atoms with Gasteiger partial charge in [-0.15, -0.1) is 0 Å². The van der Waals surface area contributed by atoms with Crippen molar-refractivity contribution in [3.8, 4) is 0 Å². The van der Waals surface area contributed by atoms with Crippen LogP contribution >= 0.6 is 0 Å². The minimum absolute atomic E-state index is 0.403. The van der Waals surface area contributed by atoms with Gasteiger partial charge in [0.25, 0.3) is 5.91 Å². The van der Waals surface area contributed by atoms with E-state index in [2.05, 4.69) is 17.1 Å². The van der Waals surface area contributed by atoms with Gasteiger partial charge in [0.15, 0.2) is 0 Å². The third-order valence-corrected chi connectivity index (χ3v) is 4.78. The number of carbonyl (C=O) groups is 3. The van der Waals surface area contributed by atoms with Gasteiger partial charge in [-0.25, -0.2) is 14.5 Å². The van der Waals surface area contributed by atoms with E-state index in [9.17, 15) is 19.5 Å². The number of imide groups is 1. The number of unbranched alkanes of at least 4 members (excludes halogenated alkanes) is 1. The number of carboxylic acids is 1. The lowest BCUT2D eigenvalue weighted by atomic mass is 9.86. The van der Waals surface area contributed by atoms with E-state index in [1.807, 2.05) is 0 Å². The van der Waals surface area contributed by atoms with Crippen LogP contribution in [-0.2, 0) is 9.59 Å². The predicted octanol–water partition coefficient (Wildman–Crippen LogP) is 1.04. The highest BCUT2D eigenvalue weighted by Crippen LogP contribution is 2.33. The summed E-state index contributed by atoms with van der Waals surface area (Å²) in [5.41, 5.74) is -2.46. The normalized spacial score (nSPS) is 22.2. The number of nitrogens with one attached hydrogen (secondary N) is 1. The van der Waals surface area contributed by atoms with E-state index in [4.69, 9.17) is 0 Å². The number of piperidine rings is 1. The number of rotatable bonds is 5. The van der Waals surface area contributed by atoms with E-state index in [1.165, 1.54) is 13.8 Å². The third-order valence-electron chi connectivity index (χ3n) is 4.78. The van der Waals surface area contributed by atoms with Crippen molar-refractivity contribution >= 4 is 17.9 Å². The van der Waals surface area contributed by atoms with Gasteiger partial charge in [-0.05, 0) is 39.7 Å². The Bertz CT molecular complexity index is 481. The van der Waals surface area contributed by atoms with E-state index in [1.54, 1.807) is 0 Å². The largest absolute Gasteiger partial charge is 0.480 e. The summed E-state index contributed by atoms with van der Waals surface area (Å²) >= 11 is 0. The Morgan fingerprint density at radius 2 is 1.91 bits per heavy atom. The van der Waals surface area contributed by atoms with Gasteiger partial charge in [-0.3, -0.25) is 4.79 Å². The SMILES string of the molecule is CCCCN1CCC2(CC1)NC(=O)N(C(C)(C)C(=O)O)C2=O. The highest BCUT2D eigenvalue weighted by molar-refractivity contribution is 6.10. The monoisotopic (exact) mass is 311 g/mol. The van der Waals surface area contributed by atoms with E-state index >= 15 is 0 Å². The minimum Gasteiger partial charge on any atom is -0.480 e. The fraction of sp³-hybridized carbons (Fsp3) is 0.800. The topological polar surface area (TPSA) is 90.0 Å². The summed E-state index contributed by atoms with van der Waals surface area (Å²) in [6, 6.07) is -0.598. The van der Waals surface area contributed by atoms with Crippen LogP contribution in [0.15, 0.2) is 0 Å². The highest BCUT2D eigenvalue weighted by atomic mass is 16.4. The Kier molecular flexibility index (Phi) is 4.47. The summed E-state index contributed by atoms with van der Waals surface area (Å²) in [4.78, 5) is 39.4. The Labute approximate surface area is 130 Å². The van der Waals surface area contributed by atoms with E-state index in [0.717, 1.165) is 37.4 Å². The molecule has 0 aromatic rings. The molecule has 0 aromatic heterocycles. The van der Waals surface area contributed by atoms with Gasteiger partial charge in [0, 0.05) is 13.1 Å². The number of carbonyl (C=O) groups excluding carboxylic acids is 2. The molecule has 7 nitrogen and oxygen atoms in total. The molecule has 2 heterocycles. The second-order valence-electron chi connectivity index (χ2n) is 6.71. The van der Waals surface area contributed by atoms with Crippen LogP contribution < -0.4 is 5.32 Å². The van der Waals surface area contributed by atoms with Crippen molar-refractivity contribution in [2.75, 3.05) is 19.6 Å². The fourth-order valence-corrected chi connectivity index (χ4v) is 3.10. The van der Waals surface area contributed by atoms with Crippen molar-refractivity contribution < 1.29 is 19.5 Å². The molecule has 1 spiro atoms. The number of nitrogens with zero attached hydrogens (tertiary/aromatic N) is 2. The molecular weight excluding hydrogens is 286 g/mol. The lowest BCUT2D eigenvalue weighted by Gasteiger charge is -2.38. The number of urea groups is 1. The fourth-order valence-electron chi connectivity index (χ4n) is 3.10. The van der Waals surface area contributed by atoms with E-state index in [-0.39, 0.29) is 0 Å². The van der Waals surface area contributed by atoms with Crippen LogP contribution in [0.3, 0.4) is 0 Å². The number of carboxylic acid groups (broad SMARTS) is 1. The van der Waals surface area contributed by atoms with Crippen LogP contribution in [0.4, 0.5) is 4.79 Å². The van der Waals surface area contributed by atoms with Crippen LogP contribution in [0.1, 0.15) is 46.5 Å². The second-order valence-corrected chi connectivity index (χ2v) is 6.71. The first kappa shape index (κ1) is 16.7. The maximum absolute atomic E-state index is 12.7. The standard InChI is InChI=1S/C15H25N3O4/c1-4-5-8-17-9-6-15(7-10-17)11(19)18(13(22)16-15)14(2,3)12(20)21/h4-10H2,1-3H3,(H,16,22)(H,20,21). The van der Waals surface area contributed by atoms with Crippen molar-refractivity contribution in [2.24, 2.45) is 0 Å². The Hall–Kier alpha value is -1.63. The van der Waals surface area contributed by atoms with Crippen LogP contribution in [0.5, 0.6) is 0 Å². The van der Waals surface area contributed by atoms with Crippen LogP contribution in [0.25, 0.3) is 0 Å². The minimum atomic E-state index is -1.54. The van der Waals surface area contributed by atoms with Gasteiger partial charge in [-0.2, -0.15) is 0 Å². The van der Waals surface area contributed by atoms with Crippen molar-refractivity contribution in [3.63, 3.8) is 0 Å². The molecule has 0 aromatic carbocycles. The lowest BCUT2D eigenvalue weighted by molar-refractivity contribution is -0.154. The van der Waals surface area contributed by atoms with E-state index in [0.29, 0.717) is 12.8 Å². The molecule has 2 N–H and O–H groups in total. The summed E-state index contributed by atoms with van der Waals surface area (Å²) in [6.07, 6.45) is 3.31. The van der Waals surface area contributed by atoms with Crippen molar-refractivity contribution in [1.82, 2.24) is 15.1 Å². The smallest absolute Gasteiger partial charge is 0.329 e. The summed E-state index contributed by atoms with van der Waals surface area (Å²) in [5, 5.41) is 12.0. The molecule has 2 aliphatic heterocycles. The number of likely N-dealkylation sites (tertiary alicyclic amines) is 1. The average Bonchev–Trinajstić information content (AvgIpc) is 2.69. The molecule has 0 aliphatic carbocycles. The average molecular weight is 311 g/mol. The van der Waals surface area contributed by atoms with Gasteiger partial charge in [0.1, 0.15) is 11.1 Å². The molecule has 2 rings (SSSR count). The third kappa shape index (κ3) is 2.69. The molecule has 7 heteroatoms. The summed E-state index contributed by atoms with van der Waals surface area (Å²) in [6.45, 7) is 7.38. The van der Waals surface area contributed by atoms with Crippen LogP contribution in [-0.4, -0.2) is 63.5 Å². The number of aliphatic carboxylic acids is 1. The summed E-state index contributed by atoms with van der Waals surface area (Å²) < 4.78 is 0. The highest BCUT2D eigenvalue weighted by Gasteiger charge is 2.57. The number of hydrogen-bond acceptors (Lipinski definition) is 4. The molecule has 22 heavy (non-hydrogen) atoms. The van der Waals surface area contributed by atoms with E-state index < -0.39 is 29.0 Å². The Morgan fingerprint density at radius 1 is 1.32 bits per heavy atom. The van der Waals surface area contributed by atoms with Crippen molar-refractivity contribution in [1.29, 1.82) is 0 Å². The van der Waals surface area contributed by atoms with Gasteiger partial charge in [-0.1, -0.05) is 13.3 Å². The molecule has 0 saturated carbocycles. The molecule has 0 bridgehead atoms. The molecule has 3 amide bonds. The number of amides is 3.